The van der Waals surface area contributed by atoms with Crippen molar-refractivity contribution in [1.82, 2.24) is 9.78 Å². The van der Waals surface area contributed by atoms with E-state index >= 15 is 0 Å². The first kappa shape index (κ1) is 13.3. The zero-order valence-electron chi connectivity index (χ0n) is 10.5. The number of nitrogens with zero attached hydrogens (tertiary/aromatic N) is 2. The summed E-state index contributed by atoms with van der Waals surface area (Å²) in [4.78, 5) is 11.1. The van der Waals surface area contributed by atoms with Crippen LogP contribution in [0.4, 0.5) is 5.69 Å². The number of anilines is 1. The van der Waals surface area contributed by atoms with Gasteiger partial charge in [-0.1, -0.05) is 0 Å². The van der Waals surface area contributed by atoms with Gasteiger partial charge in [-0.2, -0.15) is 13.5 Å². The number of aromatic nitrogens is 2. The third-order valence-electron chi connectivity index (χ3n) is 2.59. The van der Waals surface area contributed by atoms with Gasteiger partial charge >= 0.3 is 0 Å². The zero-order valence-corrected chi connectivity index (χ0v) is 11.3. The lowest BCUT2D eigenvalue weighted by Gasteiger charge is -2.08. The highest BCUT2D eigenvalue weighted by atomic mass is 32.2. The van der Waals surface area contributed by atoms with Gasteiger partial charge in [-0.25, -0.2) is 0 Å². The van der Waals surface area contributed by atoms with Crippen molar-refractivity contribution in [2.45, 2.75) is 11.9 Å². The minimum atomic E-state index is -3.67. The molecular formula is C12H13N3O3S. The number of sulfonamides is 1. The molecule has 0 aliphatic rings. The number of hydrogen-bond donors (Lipinski definition) is 1. The number of hydrogen-bond acceptors (Lipinski definition) is 4. The number of aryl methyl sites for hydroxylation is 1. The maximum absolute atomic E-state index is 12.1. The fourth-order valence-corrected chi connectivity index (χ4v) is 2.79. The van der Waals surface area contributed by atoms with E-state index in [0.717, 1.165) is 0 Å². The molecule has 19 heavy (non-hydrogen) atoms. The normalized spacial score (nSPS) is 11.3. The van der Waals surface area contributed by atoms with Gasteiger partial charge in [0.1, 0.15) is 0 Å². The highest BCUT2D eigenvalue weighted by Crippen LogP contribution is 2.16. The van der Waals surface area contributed by atoms with Crippen LogP contribution in [0.2, 0.25) is 0 Å². The summed E-state index contributed by atoms with van der Waals surface area (Å²) in [6.45, 7) is 1.45. The number of nitrogens with one attached hydrogen (secondary N) is 1. The van der Waals surface area contributed by atoms with E-state index in [4.69, 9.17) is 0 Å². The molecule has 0 aliphatic heterocycles. The summed E-state index contributed by atoms with van der Waals surface area (Å²) in [5, 5.41) is 3.89. The Kier molecular flexibility index (Phi) is 3.39. The van der Waals surface area contributed by atoms with E-state index in [1.54, 1.807) is 31.3 Å². The first-order valence-corrected chi connectivity index (χ1v) is 7.00. The molecule has 1 aromatic carbocycles. The van der Waals surface area contributed by atoms with Crippen molar-refractivity contribution < 1.29 is 13.2 Å². The second-order valence-electron chi connectivity index (χ2n) is 4.03. The minimum Gasteiger partial charge on any atom is -0.295 e. The number of carbonyl (C=O) groups is 1. The van der Waals surface area contributed by atoms with Crippen molar-refractivity contribution in [2.24, 2.45) is 7.05 Å². The van der Waals surface area contributed by atoms with Gasteiger partial charge in [0.25, 0.3) is 10.0 Å². The Hall–Kier alpha value is -2.15. The molecule has 0 fully saturated rings. The topological polar surface area (TPSA) is 81.1 Å². The Bertz CT molecular complexity index is 702. The van der Waals surface area contributed by atoms with Crippen LogP contribution in [0.5, 0.6) is 0 Å². The summed E-state index contributed by atoms with van der Waals surface area (Å²) in [6, 6.07) is 7.65. The zero-order chi connectivity index (χ0) is 14.0. The van der Waals surface area contributed by atoms with Crippen LogP contribution in [-0.2, 0) is 17.1 Å². The fourth-order valence-electron chi connectivity index (χ4n) is 1.61. The van der Waals surface area contributed by atoms with Crippen molar-refractivity contribution in [2.75, 3.05) is 4.72 Å². The van der Waals surface area contributed by atoms with Crippen molar-refractivity contribution in [3.05, 3.63) is 42.1 Å². The highest BCUT2D eigenvalue weighted by molar-refractivity contribution is 7.92. The van der Waals surface area contributed by atoms with Gasteiger partial charge in [0.15, 0.2) is 10.8 Å². The molecule has 2 rings (SSSR count). The van der Waals surface area contributed by atoms with Crippen LogP contribution in [0.25, 0.3) is 0 Å². The smallest absolute Gasteiger partial charge is 0.279 e. The first-order chi connectivity index (χ1) is 8.90. The van der Waals surface area contributed by atoms with E-state index < -0.39 is 10.0 Å². The van der Waals surface area contributed by atoms with Gasteiger partial charge in [-0.05, 0) is 37.3 Å². The van der Waals surface area contributed by atoms with E-state index in [1.807, 2.05) is 0 Å². The average Bonchev–Trinajstić information content (AvgIpc) is 2.76. The van der Waals surface area contributed by atoms with Crippen LogP contribution in [0.15, 0.2) is 41.6 Å². The van der Waals surface area contributed by atoms with E-state index in [9.17, 15) is 13.2 Å². The molecule has 0 spiro atoms. The Morgan fingerprint density at radius 1 is 1.21 bits per heavy atom. The van der Waals surface area contributed by atoms with Crippen molar-refractivity contribution in [1.29, 1.82) is 0 Å². The third-order valence-corrected chi connectivity index (χ3v) is 4.05. The monoisotopic (exact) mass is 279 g/mol. The van der Waals surface area contributed by atoms with Gasteiger partial charge in [0, 0.05) is 18.3 Å². The van der Waals surface area contributed by atoms with Gasteiger partial charge in [-0.15, -0.1) is 0 Å². The molecule has 2 aromatic rings. The maximum atomic E-state index is 12.1. The number of benzene rings is 1. The Morgan fingerprint density at radius 3 is 2.32 bits per heavy atom. The number of ketones is 1. The number of Topliss-reactive ketones (excluding diaryl/α,β-unsaturated/α-hetero) is 1. The van der Waals surface area contributed by atoms with Gasteiger partial charge in [0.2, 0.25) is 0 Å². The summed E-state index contributed by atoms with van der Waals surface area (Å²) < 4.78 is 27.8. The van der Waals surface area contributed by atoms with E-state index in [2.05, 4.69) is 9.82 Å². The van der Waals surface area contributed by atoms with Gasteiger partial charge < -0.3 is 0 Å². The Balaban J connectivity index is 2.26. The standard InChI is InChI=1S/C12H13N3O3S/c1-9(16)10-3-5-11(6-4-10)14-19(17,18)12-7-8-13-15(12)2/h3-8,14H,1-2H3. The summed E-state index contributed by atoms with van der Waals surface area (Å²) in [7, 11) is -2.12. The predicted octanol–water partition coefficient (Wildman–Crippen LogP) is 1.42. The van der Waals surface area contributed by atoms with Crippen LogP contribution in [0.3, 0.4) is 0 Å². The molecule has 6 nitrogen and oxygen atoms in total. The molecule has 0 bridgehead atoms. The second kappa shape index (κ2) is 4.85. The van der Waals surface area contributed by atoms with Gasteiger partial charge in [-0.3, -0.25) is 14.2 Å². The predicted molar refractivity (Wildman–Crippen MR) is 70.5 cm³/mol. The maximum Gasteiger partial charge on any atom is 0.279 e. The SMILES string of the molecule is CC(=O)c1ccc(NS(=O)(=O)c2ccnn2C)cc1. The van der Waals surface area contributed by atoms with E-state index in [-0.39, 0.29) is 10.8 Å². The lowest BCUT2D eigenvalue weighted by molar-refractivity contribution is 0.101. The summed E-state index contributed by atoms with van der Waals surface area (Å²) >= 11 is 0. The fraction of sp³-hybridized carbons (Fsp3) is 0.167. The molecule has 0 radical (unpaired) electrons. The lowest BCUT2D eigenvalue weighted by Crippen LogP contribution is -2.16. The Labute approximate surface area is 111 Å². The third kappa shape index (κ3) is 2.82. The van der Waals surface area contributed by atoms with Crippen molar-refractivity contribution in [3.63, 3.8) is 0 Å². The van der Waals surface area contributed by atoms with Crippen LogP contribution < -0.4 is 4.72 Å². The minimum absolute atomic E-state index is 0.0685. The largest absolute Gasteiger partial charge is 0.295 e. The quantitative estimate of drug-likeness (QED) is 0.858. The summed E-state index contributed by atoms with van der Waals surface area (Å²) in [5.41, 5.74) is 0.926. The molecule has 0 unspecified atom stereocenters. The Morgan fingerprint density at radius 2 is 1.84 bits per heavy atom. The molecule has 7 heteroatoms. The average molecular weight is 279 g/mol. The molecule has 0 aliphatic carbocycles. The molecule has 100 valence electrons. The molecule has 1 N–H and O–H groups in total. The molecule has 1 heterocycles. The number of carbonyl (C=O) groups excluding carboxylic acids is 1. The van der Waals surface area contributed by atoms with Gasteiger partial charge in [0.05, 0.1) is 6.20 Å². The number of rotatable bonds is 4. The van der Waals surface area contributed by atoms with Crippen LogP contribution >= 0.6 is 0 Å². The summed E-state index contributed by atoms with van der Waals surface area (Å²) in [6.07, 6.45) is 1.41. The second-order valence-corrected chi connectivity index (χ2v) is 5.66. The first-order valence-electron chi connectivity index (χ1n) is 5.52. The van der Waals surface area contributed by atoms with Crippen molar-refractivity contribution in [3.8, 4) is 0 Å². The molecule has 0 amide bonds. The highest BCUT2D eigenvalue weighted by Gasteiger charge is 2.17. The van der Waals surface area contributed by atoms with Crippen LogP contribution in [-0.4, -0.2) is 24.0 Å². The molecule has 0 saturated heterocycles. The van der Waals surface area contributed by atoms with E-state index in [1.165, 1.54) is 23.9 Å². The lowest BCUT2D eigenvalue weighted by atomic mass is 10.1. The molecular weight excluding hydrogens is 266 g/mol. The van der Waals surface area contributed by atoms with Crippen LogP contribution in [0.1, 0.15) is 17.3 Å². The molecule has 0 atom stereocenters. The summed E-state index contributed by atoms with van der Waals surface area (Å²) in [5.74, 6) is -0.0685. The van der Waals surface area contributed by atoms with E-state index in [0.29, 0.717) is 11.3 Å². The van der Waals surface area contributed by atoms with Crippen LogP contribution in [0, 0.1) is 0 Å². The van der Waals surface area contributed by atoms with Crippen molar-refractivity contribution >= 4 is 21.5 Å². The molecule has 0 saturated carbocycles. The molecule has 1 aromatic heterocycles.